The zero-order chi connectivity index (χ0) is 0. The van der Waals surface area contributed by atoms with Gasteiger partial charge in [-0.3, -0.25) is 0 Å². The molecule has 0 N–H and O–H groups in total. The molecular weight excluding hydrogens is 255 g/mol. The fourth-order valence-corrected chi connectivity index (χ4v) is 0. The van der Waals surface area contributed by atoms with Crippen molar-refractivity contribution in [3.8, 4) is 0 Å². The molecule has 1 unspecified atom stereocenters. The Morgan fingerprint density at radius 3 is 1.00 bits per heavy atom. The number of hydrogen-bond acceptors (Lipinski definition) is 0. The Morgan fingerprint density at radius 1 is 1.00 bits per heavy atom. The van der Waals surface area contributed by atoms with Crippen LogP contribution in [-0.2, 0) is 34.1 Å². The van der Waals surface area contributed by atoms with E-state index in [4.69, 9.17) is 0 Å². The third-order valence-corrected chi connectivity index (χ3v) is 0. The average molecular weight is 261 g/mol. The van der Waals surface area contributed by atoms with E-state index in [2.05, 4.69) is 0 Å². The van der Waals surface area contributed by atoms with E-state index in [1.165, 1.54) is 0 Å². The summed E-state index contributed by atoms with van der Waals surface area (Å²) in [4.78, 5) is 0. The van der Waals surface area contributed by atoms with Crippen molar-refractivity contribution in [3.63, 3.8) is 0 Å². The summed E-state index contributed by atoms with van der Waals surface area (Å²) in [6, 6.07) is 0. The predicted octanol–water partition coefficient (Wildman–Crippen LogP) is -2.37. The average Bonchev–Trinajstić information content (AvgIpc) is 0. The first-order chi connectivity index (χ1) is 0. The maximum absolute atomic E-state index is 0. The molecule has 29 valence electrons. The molecule has 0 aromatic heterocycles. The van der Waals surface area contributed by atoms with Crippen LogP contribution in [0.1, 0.15) is 0 Å². The zero-order valence-electron chi connectivity index (χ0n) is 1.44. The molecule has 1 atom stereocenters. The maximum Gasteiger partial charge on any atom is 0 e. The minimum atomic E-state index is 0. The van der Waals surface area contributed by atoms with Crippen LogP contribution in [0.2, 0.25) is 0 Å². The van der Waals surface area contributed by atoms with Crippen molar-refractivity contribution in [3.05, 3.63) is 0 Å². The summed E-state index contributed by atoms with van der Waals surface area (Å²) in [6.45, 7) is 0. The van der Waals surface area contributed by atoms with Gasteiger partial charge in [0, 0.05) is 34.1 Å². The summed E-state index contributed by atoms with van der Waals surface area (Å²) in [5.74, 6) is 0. The molecule has 1 radical (unpaired) electrons. The van der Waals surface area contributed by atoms with Gasteiger partial charge in [0.05, 0.1) is 0 Å². The smallest absolute Gasteiger partial charge is 0 e. The van der Waals surface area contributed by atoms with Crippen LogP contribution in [0.15, 0.2) is 0 Å². The molecule has 0 aliphatic rings. The van der Waals surface area contributed by atoms with Gasteiger partial charge in [0.15, 0.2) is 0 Å². The normalized spacial score (nSPS) is 0. The molecule has 0 saturated carbocycles. The Kier molecular flexibility index (Phi) is 161. The van der Waals surface area contributed by atoms with Gasteiger partial charge in [0.25, 0.3) is 0 Å². The standard InChI is InChI=1S/AsH3.Fe.Ga.Mn.3H/h1H3;;;;;;. The van der Waals surface area contributed by atoms with Crippen LogP contribution < -0.4 is 0 Å². The summed E-state index contributed by atoms with van der Waals surface area (Å²) < 4.78 is 0. The van der Waals surface area contributed by atoms with E-state index in [1.807, 2.05) is 0 Å². The first-order valence-electron chi connectivity index (χ1n) is 0. The monoisotopic (exact) mass is 261 g/mol. The van der Waals surface area contributed by atoms with Gasteiger partial charge >= 0.3 is 37.7 Å². The summed E-state index contributed by atoms with van der Waals surface area (Å²) in [6.07, 6.45) is 0. The van der Waals surface area contributed by atoms with E-state index in [9.17, 15) is 0 Å². The molecule has 0 aliphatic heterocycles. The minimum Gasteiger partial charge on any atom is 0 e. The molecule has 0 heterocycles. The van der Waals surface area contributed by atoms with Crippen molar-refractivity contribution >= 4 is 37.7 Å². The molecular formula is H6AsFeGaMn. The van der Waals surface area contributed by atoms with Crippen LogP contribution in [0.4, 0.5) is 0 Å². The Labute approximate surface area is 71.2 Å². The minimum absolute atomic E-state index is 0. The number of hydrogen-bond donors (Lipinski definition) is 0. The molecule has 0 aliphatic carbocycles. The van der Waals surface area contributed by atoms with Crippen molar-refractivity contribution < 1.29 is 34.1 Å². The molecule has 0 aromatic carbocycles. The molecule has 0 aromatic rings. The fourth-order valence-electron chi connectivity index (χ4n) is 0. The molecule has 4 heavy (non-hydrogen) atoms. The van der Waals surface area contributed by atoms with Gasteiger partial charge in [-0.05, 0) is 0 Å². The molecule has 0 rings (SSSR count). The Balaban J connectivity index is 0. The van der Waals surface area contributed by atoms with Crippen molar-refractivity contribution in [2.75, 3.05) is 0 Å². The van der Waals surface area contributed by atoms with Gasteiger partial charge in [-0.15, -0.1) is 0 Å². The largest absolute Gasteiger partial charge is 0 e. The van der Waals surface area contributed by atoms with Gasteiger partial charge in [-0.1, -0.05) is 0 Å². The van der Waals surface area contributed by atoms with Gasteiger partial charge in [-0.25, -0.2) is 0 Å². The molecule has 0 amide bonds. The summed E-state index contributed by atoms with van der Waals surface area (Å²) in [5.41, 5.74) is 0. The van der Waals surface area contributed by atoms with Crippen LogP contribution in [0.25, 0.3) is 0 Å². The van der Waals surface area contributed by atoms with E-state index in [1.54, 1.807) is 0 Å². The zero-order valence-corrected chi connectivity index (χ0v) is 6.69. The second-order valence-electron chi connectivity index (χ2n) is 0. The molecule has 0 nitrogen and oxygen atoms in total. The Bertz CT molecular complexity index is 8.00. The van der Waals surface area contributed by atoms with Crippen molar-refractivity contribution in [1.29, 1.82) is 0 Å². The Hall–Kier alpha value is 2.23. The third-order valence-electron chi connectivity index (χ3n) is 0. The van der Waals surface area contributed by atoms with Crippen molar-refractivity contribution in [2.24, 2.45) is 0 Å². The predicted molar refractivity (Wildman–Crippen MR) is 19.9 cm³/mol. The van der Waals surface area contributed by atoms with E-state index in [0.29, 0.717) is 0 Å². The topological polar surface area (TPSA) is 0 Å². The Morgan fingerprint density at radius 2 is 1.00 bits per heavy atom. The van der Waals surface area contributed by atoms with Crippen LogP contribution in [0, 0.1) is 0 Å². The van der Waals surface area contributed by atoms with Crippen LogP contribution in [-0.4, -0.2) is 37.7 Å². The van der Waals surface area contributed by atoms with Crippen LogP contribution >= 0.6 is 0 Å². The summed E-state index contributed by atoms with van der Waals surface area (Å²) in [7, 11) is 0. The van der Waals surface area contributed by atoms with Gasteiger partial charge in [0.2, 0.25) is 0 Å². The summed E-state index contributed by atoms with van der Waals surface area (Å²) in [5, 5.41) is 0. The maximum atomic E-state index is 0. The third kappa shape index (κ3) is 8.87. The molecule has 0 saturated heterocycles. The van der Waals surface area contributed by atoms with Crippen LogP contribution in [0.5, 0.6) is 0 Å². The van der Waals surface area contributed by atoms with Gasteiger partial charge in [0.1, 0.15) is 0 Å². The van der Waals surface area contributed by atoms with E-state index >= 15 is 0 Å². The quantitative estimate of drug-likeness (QED) is 0.428. The van der Waals surface area contributed by atoms with Gasteiger partial charge in [-0.2, -0.15) is 0 Å². The second-order valence-corrected chi connectivity index (χ2v) is 0. The van der Waals surface area contributed by atoms with E-state index in [-0.39, 0.29) is 71.9 Å². The summed E-state index contributed by atoms with van der Waals surface area (Å²) >= 11 is 0. The molecule has 0 bridgehead atoms. The van der Waals surface area contributed by atoms with E-state index < -0.39 is 0 Å². The first kappa shape index (κ1) is 34.2. The van der Waals surface area contributed by atoms with Crippen molar-refractivity contribution in [1.82, 2.24) is 0 Å². The SMILES string of the molecule is [AsH3].[Fe].[GaH3].[Mn]. The van der Waals surface area contributed by atoms with Gasteiger partial charge < -0.3 is 0 Å². The molecule has 0 fully saturated rings. The first-order valence-corrected chi connectivity index (χ1v) is 0. The second kappa shape index (κ2) is 18.8. The van der Waals surface area contributed by atoms with Crippen molar-refractivity contribution in [2.45, 2.75) is 0 Å². The molecule has 0 spiro atoms. The fraction of sp³-hybridized carbons (Fsp3) is 0. The molecule has 4 heteroatoms. The van der Waals surface area contributed by atoms with Crippen LogP contribution in [0.3, 0.4) is 0 Å². The number of rotatable bonds is 0. The van der Waals surface area contributed by atoms with E-state index in [0.717, 1.165) is 0 Å².